The smallest absolute Gasteiger partial charge is 0.343 e. The van der Waals surface area contributed by atoms with Gasteiger partial charge >= 0.3 is 5.97 Å². The number of carbonyl (C=O) groups is 1. The second-order valence-electron chi connectivity index (χ2n) is 4.68. The van der Waals surface area contributed by atoms with Gasteiger partial charge in [0.25, 0.3) is 0 Å². The Balaban J connectivity index is 2.03. The Morgan fingerprint density at radius 3 is 2.67 bits per heavy atom. The van der Waals surface area contributed by atoms with Crippen molar-refractivity contribution in [1.29, 1.82) is 5.41 Å². The number of hydrogen-bond acceptors (Lipinski definition) is 3. The average molecular weight is 283 g/mol. The molecule has 1 aromatic carbocycles. The van der Waals surface area contributed by atoms with Gasteiger partial charge < -0.3 is 15.8 Å². The molecule has 0 radical (unpaired) electrons. The van der Waals surface area contributed by atoms with Gasteiger partial charge in [-0.3, -0.25) is 5.41 Å². The summed E-state index contributed by atoms with van der Waals surface area (Å²) in [7, 11) is 0. The summed E-state index contributed by atoms with van der Waals surface area (Å²) in [6, 6.07) is 6.56. The second kappa shape index (κ2) is 6.56. The minimum absolute atomic E-state index is 0.153. The Bertz CT molecular complexity index is 627. The summed E-state index contributed by atoms with van der Waals surface area (Å²) in [6.07, 6.45) is 9.38. The molecule has 21 heavy (non-hydrogen) atoms. The van der Waals surface area contributed by atoms with Crippen molar-refractivity contribution in [3.05, 3.63) is 66.0 Å². The van der Waals surface area contributed by atoms with Crippen LogP contribution < -0.4 is 11.1 Å². The van der Waals surface area contributed by atoms with Gasteiger partial charge in [0.2, 0.25) is 0 Å². The molecule has 4 N–H and O–H groups in total. The van der Waals surface area contributed by atoms with Crippen LogP contribution in [0.5, 0.6) is 0 Å². The molecule has 0 saturated carbocycles. The van der Waals surface area contributed by atoms with Gasteiger partial charge in [-0.25, -0.2) is 4.79 Å². The number of benzene rings is 1. The lowest BCUT2D eigenvalue weighted by atomic mass is 10.2. The minimum atomic E-state index is -0.428. The monoisotopic (exact) mass is 283 g/mol. The number of ether oxygens (including phenoxy) is 1. The van der Waals surface area contributed by atoms with Gasteiger partial charge in [0.15, 0.2) is 5.96 Å². The zero-order valence-corrected chi connectivity index (χ0v) is 11.7. The van der Waals surface area contributed by atoms with Crippen LogP contribution in [0.4, 0.5) is 5.69 Å². The average Bonchev–Trinajstić information content (AvgIpc) is 2.64. The summed E-state index contributed by atoms with van der Waals surface area (Å²) >= 11 is 0. The van der Waals surface area contributed by atoms with Crippen LogP contribution in [0, 0.1) is 11.3 Å². The Morgan fingerprint density at radius 2 is 2.00 bits per heavy atom. The van der Waals surface area contributed by atoms with E-state index >= 15 is 0 Å². The van der Waals surface area contributed by atoms with Gasteiger partial charge in [-0.05, 0) is 42.3 Å². The largest absolute Gasteiger partial charge is 0.423 e. The first-order chi connectivity index (χ1) is 10.0. The summed E-state index contributed by atoms with van der Waals surface area (Å²) in [5.74, 6) is 0.240. The van der Waals surface area contributed by atoms with Crippen molar-refractivity contribution in [3.63, 3.8) is 0 Å². The first-order valence-corrected chi connectivity index (χ1v) is 6.54. The molecule has 5 nitrogen and oxygen atoms in total. The number of allylic oxidation sites excluding steroid dienone is 5. The highest BCUT2D eigenvalue weighted by molar-refractivity contribution is 5.93. The van der Waals surface area contributed by atoms with E-state index in [-0.39, 0.29) is 5.96 Å². The minimum Gasteiger partial charge on any atom is -0.423 e. The molecular weight excluding hydrogens is 266 g/mol. The number of nitrogens with one attached hydrogen (secondary N) is 2. The molecule has 1 unspecified atom stereocenters. The van der Waals surface area contributed by atoms with E-state index in [1.54, 1.807) is 36.4 Å². The van der Waals surface area contributed by atoms with E-state index in [0.717, 1.165) is 0 Å². The Hall–Kier alpha value is -2.82. The van der Waals surface area contributed by atoms with E-state index in [9.17, 15) is 4.79 Å². The maximum Gasteiger partial charge on any atom is 0.343 e. The van der Waals surface area contributed by atoms with Gasteiger partial charge in [0, 0.05) is 5.69 Å². The quantitative estimate of drug-likeness (QED) is 0.452. The number of carbonyl (C=O) groups excluding carboxylic acids is 1. The molecule has 1 aliphatic rings. The highest BCUT2D eigenvalue weighted by Gasteiger charge is 2.09. The number of guanidine groups is 1. The summed E-state index contributed by atoms with van der Waals surface area (Å²) in [5, 5.41) is 9.77. The van der Waals surface area contributed by atoms with E-state index in [1.807, 2.05) is 25.2 Å². The fraction of sp³-hybridized carbons (Fsp3) is 0.125. The van der Waals surface area contributed by atoms with Gasteiger partial charge in [-0.2, -0.15) is 0 Å². The van der Waals surface area contributed by atoms with E-state index in [0.29, 0.717) is 22.9 Å². The standard InChI is InChI=1S/C16H17N3O2/c1-11-3-2-4-14(10-5-11)21-15(20)12-6-8-13(9-7-12)19-16(17)18/h2-11H,1H3,(H4,17,18,19). The lowest BCUT2D eigenvalue weighted by Crippen LogP contribution is -2.20. The second-order valence-corrected chi connectivity index (χ2v) is 4.68. The van der Waals surface area contributed by atoms with Gasteiger partial charge in [0.1, 0.15) is 5.76 Å². The number of esters is 1. The first kappa shape index (κ1) is 14.6. The lowest BCUT2D eigenvalue weighted by molar-refractivity contribution is 0.0637. The maximum atomic E-state index is 12.0. The van der Waals surface area contributed by atoms with Gasteiger partial charge in [-0.1, -0.05) is 25.2 Å². The van der Waals surface area contributed by atoms with Crippen LogP contribution in [0.15, 0.2) is 60.4 Å². The highest BCUT2D eigenvalue weighted by Crippen LogP contribution is 2.15. The number of hydrogen-bond donors (Lipinski definition) is 3. The van der Waals surface area contributed by atoms with Crippen molar-refractivity contribution in [2.75, 3.05) is 5.32 Å². The van der Waals surface area contributed by atoms with E-state index in [2.05, 4.69) is 5.32 Å². The number of nitrogens with two attached hydrogens (primary N) is 1. The normalized spacial score (nSPS) is 16.8. The predicted molar refractivity (Wildman–Crippen MR) is 82.9 cm³/mol. The van der Waals surface area contributed by atoms with Crippen molar-refractivity contribution in [3.8, 4) is 0 Å². The third-order valence-electron chi connectivity index (χ3n) is 2.85. The van der Waals surface area contributed by atoms with E-state index in [1.165, 1.54) is 0 Å². The molecular formula is C16H17N3O2. The molecule has 0 spiro atoms. The topological polar surface area (TPSA) is 88.2 Å². The van der Waals surface area contributed by atoms with Crippen molar-refractivity contribution >= 4 is 17.6 Å². The molecule has 0 bridgehead atoms. The highest BCUT2D eigenvalue weighted by atomic mass is 16.5. The lowest BCUT2D eigenvalue weighted by Gasteiger charge is -2.06. The van der Waals surface area contributed by atoms with Gasteiger partial charge in [-0.15, -0.1) is 0 Å². The van der Waals surface area contributed by atoms with Crippen LogP contribution in [-0.2, 0) is 4.74 Å². The van der Waals surface area contributed by atoms with Crippen molar-refractivity contribution in [1.82, 2.24) is 0 Å². The summed E-state index contributed by atoms with van der Waals surface area (Å²) in [5.41, 5.74) is 6.30. The molecule has 1 aromatic rings. The molecule has 0 aromatic heterocycles. The van der Waals surface area contributed by atoms with Crippen molar-refractivity contribution < 1.29 is 9.53 Å². The van der Waals surface area contributed by atoms with Crippen LogP contribution in [0.25, 0.3) is 0 Å². The summed E-state index contributed by atoms with van der Waals surface area (Å²) in [4.78, 5) is 12.0. The van der Waals surface area contributed by atoms with Crippen LogP contribution >= 0.6 is 0 Å². The van der Waals surface area contributed by atoms with E-state index < -0.39 is 5.97 Å². The maximum absolute atomic E-state index is 12.0. The number of rotatable bonds is 3. The molecule has 1 aliphatic carbocycles. The van der Waals surface area contributed by atoms with Crippen molar-refractivity contribution in [2.24, 2.45) is 11.7 Å². The molecule has 0 fully saturated rings. The fourth-order valence-corrected chi connectivity index (χ4v) is 1.77. The third-order valence-corrected chi connectivity index (χ3v) is 2.85. The zero-order valence-electron chi connectivity index (χ0n) is 11.7. The molecule has 2 rings (SSSR count). The zero-order chi connectivity index (χ0) is 15.2. The Labute approximate surface area is 123 Å². The molecule has 0 heterocycles. The van der Waals surface area contributed by atoms with Crippen LogP contribution in [0.2, 0.25) is 0 Å². The van der Waals surface area contributed by atoms with Crippen LogP contribution in [0.3, 0.4) is 0 Å². The fourth-order valence-electron chi connectivity index (χ4n) is 1.77. The Kier molecular flexibility index (Phi) is 4.56. The molecule has 0 amide bonds. The molecule has 108 valence electrons. The van der Waals surface area contributed by atoms with Gasteiger partial charge in [0.05, 0.1) is 5.56 Å². The van der Waals surface area contributed by atoms with Crippen LogP contribution in [0.1, 0.15) is 17.3 Å². The van der Waals surface area contributed by atoms with E-state index in [4.69, 9.17) is 15.9 Å². The Morgan fingerprint density at radius 1 is 1.29 bits per heavy atom. The summed E-state index contributed by atoms with van der Waals surface area (Å²) in [6.45, 7) is 2.05. The van der Waals surface area contributed by atoms with Crippen molar-refractivity contribution in [2.45, 2.75) is 6.92 Å². The summed E-state index contributed by atoms with van der Waals surface area (Å²) < 4.78 is 5.32. The SMILES string of the molecule is CC1C=CC=C(OC(=O)c2ccc(NC(=N)N)cc2)C=C1. The molecule has 0 saturated heterocycles. The molecule has 1 atom stereocenters. The molecule has 0 aliphatic heterocycles. The molecule has 5 heteroatoms. The predicted octanol–water partition coefficient (Wildman–Crippen LogP) is 2.79. The number of anilines is 1. The first-order valence-electron chi connectivity index (χ1n) is 6.54. The third kappa shape index (κ3) is 4.35. The van der Waals surface area contributed by atoms with Crippen LogP contribution in [-0.4, -0.2) is 11.9 Å².